The van der Waals surface area contributed by atoms with Gasteiger partial charge in [-0.05, 0) is 68.4 Å². The van der Waals surface area contributed by atoms with E-state index in [4.69, 9.17) is 22.1 Å². The van der Waals surface area contributed by atoms with Crippen molar-refractivity contribution in [1.29, 1.82) is 0 Å². The first-order valence-corrected chi connectivity index (χ1v) is 10.7. The summed E-state index contributed by atoms with van der Waals surface area (Å²) in [4.78, 5) is 25.7. The zero-order valence-corrected chi connectivity index (χ0v) is 17.8. The van der Waals surface area contributed by atoms with Crippen molar-refractivity contribution < 1.29 is 14.3 Å². The zero-order valence-electron chi connectivity index (χ0n) is 16.2. The molecule has 0 unspecified atom stereocenters. The lowest BCUT2D eigenvalue weighted by molar-refractivity contribution is -0.118. The van der Waals surface area contributed by atoms with Crippen LogP contribution in [0.15, 0.2) is 12.1 Å². The number of hydrogen-bond acceptors (Lipinski definition) is 4. The molecule has 1 heterocycles. The third kappa shape index (κ3) is 4.67. The first kappa shape index (κ1) is 20.7. The predicted octanol–water partition coefficient (Wildman–Crippen LogP) is 4.79. The number of anilines is 1. The maximum atomic E-state index is 12.4. The Bertz CT molecular complexity index is 884. The van der Waals surface area contributed by atoms with Crippen LogP contribution in [0.3, 0.4) is 0 Å². The highest BCUT2D eigenvalue weighted by atomic mass is 35.5. The van der Waals surface area contributed by atoms with E-state index in [9.17, 15) is 9.59 Å². The lowest BCUT2D eigenvalue weighted by atomic mass is 9.96. The maximum absolute atomic E-state index is 12.4. The van der Waals surface area contributed by atoms with E-state index in [2.05, 4.69) is 5.32 Å². The van der Waals surface area contributed by atoms with Gasteiger partial charge in [0.05, 0.1) is 5.56 Å². The van der Waals surface area contributed by atoms with Gasteiger partial charge in [0.2, 0.25) is 0 Å². The predicted molar refractivity (Wildman–Crippen MR) is 114 cm³/mol. The average molecular weight is 421 g/mol. The Labute approximate surface area is 174 Å². The number of rotatable bonds is 5. The van der Waals surface area contributed by atoms with Crippen LogP contribution >= 0.6 is 22.9 Å². The van der Waals surface area contributed by atoms with Crippen LogP contribution in [0.25, 0.3) is 0 Å². The summed E-state index contributed by atoms with van der Waals surface area (Å²) in [6.07, 6.45) is 6.24. The second-order valence-electron chi connectivity index (χ2n) is 7.19. The molecule has 0 bridgehead atoms. The molecule has 0 atom stereocenters. The van der Waals surface area contributed by atoms with E-state index in [1.54, 1.807) is 12.1 Å². The van der Waals surface area contributed by atoms with Crippen molar-refractivity contribution in [2.45, 2.75) is 52.4 Å². The van der Waals surface area contributed by atoms with Crippen LogP contribution in [-0.4, -0.2) is 18.4 Å². The summed E-state index contributed by atoms with van der Waals surface area (Å²) in [6.45, 7) is 3.63. The molecule has 150 valence electrons. The number of carbonyl (C=O) groups is 2. The fourth-order valence-electron chi connectivity index (χ4n) is 3.57. The van der Waals surface area contributed by atoms with Crippen molar-refractivity contribution in [3.8, 4) is 5.75 Å². The quantitative estimate of drug-likeness (QED) is 0.729. The van der Waals surface area contributed by atoms with Gasteiger partial charge in [0.15, 0.2) is 6.61 Å². The molecular formula is C21H25ClN2O3S. The molecule has 2 amide bonds. The summed E-state index contributed by atoms with van der Waals surface area (Å²) in [5.74, 6) is -0.219. The fourth-order valence-corrected chi connectivity index (χ4v) is 4.99. The number of carbonyl (C=O) groups excluding carboxylic acids is 2. The maximum Gasteiger partial charge on any atom is 0.262 e. The number of thiophene rings is 1. The van der Waals surface area contributed by atoms with Crippen LogP contribution < -0.4 is 15.8 Å². The van der Waals surface area contributed by atoms with E-state index in [0.29, 0.717) is 21.3 Å². The van der Waals surface area contributed by atoms with Gasteiger partial charge in [-0.1, -0.05) is 24.4 Å². The van der Waals surface area contributed by atoms with Gasteiger partial charge in [-0.2, -0.15) is 0 Å². The summed E-state index contributed by atoms with van der Waals surface area (Å²) < 4.78 is 5.62. The molecule has 0 saturated carbocycles. The number of primary amides is 1. The topological polar surface area (TPSA) is 81.4 Å². The number of nitrogens with one attached hydrogen (secondary N) is 1. The number of amides is 2. The van der Waals surface area contributed by atoms with Gasteiger partial charge in [-0.3, -0.25) is 9.59 Å². The van der Waals surface area contributed by atoms with Crippen molar-refractivity contribution in [2.75, 3.05) is 11.9 Å². The highest BCUT2D eigenvalue weighted by molar-refractivity contribution is 7.17. The van der Waals surface area contributed by atoms with Gasteiger partial charge in [0.25, 0.3) is 11.8 Å². The molecule has 1 aliphatic carbocycles. The molecule has 0 aliphatic heterocycles. The molecule has 2 aromatic rings. The third-order valence-electron chi connectivity index (χ3n) is 4.95. The van der Waals surface area contributed by atoms with Crippen molar-refractivity contribution >= 4 is 39.8 Å². The first-order valence-electron chi connectivity index (χ1n) is 9.50. The molecule has 1 aromatic heterocycles. The summed E-state index contributed by atoms with van der Waals surface area (Å²) >= 11 is 7.63. The highest BCUT2D eigenvalue weighted by Gasteiger charge is 2.23. The number of nitrogens with two attached hydrogens (primary N) is 1. The number of ether oxygens (including phenoxy) is 1. The lowest BCUT2D eigenvalue weighted by Gasteiger charge is -2.11. The van der Waals surface area contributed by atoms with E-state index in [0.717, 1.165) is 53.7 Å². The van der Waals surface area contributed by atoms with E-state index >= 15 is 0 Å². The normalized spacial score (nSPS) is 14.0. The molecule has 3 N–H and O–H groups in total. The molecule has 0 radical (unpaired) electrons. The summed E-state index contributed by atoms with van der Waals surface area (Å²) in [6, 6.07) is 3.60. The standard InChI is InChI=1S/C21H25ClN2O3S/c1-12-9-14(10-13(2)19(12)22)27-11-17(25)24-21-18(20(23)26)15-7-5-3-4-6-8-16(15)28-21/h9-10H,3-8,11H2,1-2H3,(H2,23,26)(H,24,25). The minimum atomic E-state index is -0.488. The Morgan fingerprint density at radius 3 is 2.43 bits per heavy atom. The number of aryl methyl sites for hydroxylation is 3. The van der Waals surface area contributed by atoms with Crippen molar-refractivity contribution in [3.05, 3.63) is 44.3 Å². The van der Waals surface area contributed by atoms with E-state index in [1.165, 1.54) is 17.8 Å². The van der Waals surface area contributed by atoms with Crippen LogP contribution in [0, 0.1) is 13.8 Å². The van der Waals surface area contributed by atoms with Crippen molar-refractivity contribution in [1.82, 2.24) is 0 Å². The highest BCUT2D eigenvalue weighted by Crippen LogP contribution is 2.36. The molecule has 7 heteroatoms. The minimum Gasteiger partial charge on any atom is -0.484 e. The molecule has 1 aliphatic rings. The second kappa shape index (κ2) is 8.97. The molecule has 0 fully saturated rings. The second-order valence-corrected chi connectivity index (χ2v) is 8.68. The van der Waals surface area contributed by atoms with Crippen molar-refractivity contribution in [2.24, 2.45) is 5.73 Å². The molecule has 28 heavy (non-hydrogen) atoms. The Balaban J connectivity index is 1.73. The zero-order chi connectivity index (χ0) is 20.3. The summed E-state index contributed by atoms with van der Waals surface area (Å²) in [5.41, 5.74) is 8.90. The number of halogens is 1. The van der Waals surface area contributed by atoms with E-state index in [-0.39, 0.29) is 12.5 Å². The van der Waals surface area contributed by atoms with E-state index < -0.39 is 5.91 Å². The van der Waals surface area contributed by atoms with Gasteiger partial charge < -0.3 is 15.8 Å². The van der Waals surface area contributed by atoms with Crippen molar-refractivity contribution in [3.63, 3.8) is 0 Å². The summed E-state index contributed by atoms with van der Waals surface area (Å²) in [7, 11) is 0. The van der Waals surface area contributed by atoms with Gasteiger partial charge >= 0.3 is 0 Å². The largest absolute Gasteiger partial charge is 0.484 e. The Morgan fingerprint density at radius 1 is 1.14 bits per heavy atom. The van der Waals surface area contributed by atoms with Crippen LogP contribution in [0.2, 0.25) is 5.02 Å². The van der Waals surface area contributed by atoms with Crippen LogP contribution in [0.4, 0.5) is 5.00 Å². The molecule has 0 saturated heterocycles. The SMILES string of the molecule is Cc1cc(OCC(=O)Nc2sc3c(c2C(N)=O)CCCCCC3)cc(C)c1Cl. The van der Waals surface area contributed by atoms with Crippen LogP contribution in [-0.2, 0) is 17.6 Å². The molecule has 3 rings (SSSR count). The molecule has 0 spiro atoms. The molecular weight excluding hydrogens is 396 g/mol. The Morgan fingerprint density at radius 2 is 1.79 bits per heavy atom. The number of benzene rings is 1. The Hall–Kier alpha value is -2.05. The van der Waals surface area contributed by atoms with Gasteiger partial charge in [0, 0.05) is 9.90 Å². The van der Waals surface area contributed by atoms with Crippen LogP contribution in [0.5, 0.6) is 5.75 Å². The summed E-state index contributed by atoms with van der Waals surface area (Å²) in [5, 5.41) is 4.06. The molecule has 1 aromatic carbocycles. The Kier molecular flexibility index (Phi) is 6.62. The smallest absolute Gasteiger partial charge is 0.262 e. The third-order valence-corrected chi connectivity index (χ3v) is 6.75. The first-order chi connectivity index (χ1) is 13.4. The fraction of sp³-hybridized carbons (Fsp3) is 0.429. The monoisotopic (exact) mass is 420 g/mol. The lowest BCUT2D eigenvalue weighted by Crippen LogP contribution is -2.22. The number of fused-ring (bicyclic) bond motifs is 1. The van der Waals surface area contributed by atoms with E-state index in [1.807, 2.05) is 13.8 Å². The molecule has 5 nitrogen and oxygen atoms in total. The van der Waals surface area contributed by atoms with Gasteiger partial charge in [0.1, 0.15) is 10.8 Å². The average Bonchev–Trinajstić information content (AvgIpc) is 2.94. The number of hydrogen-bond donors (Lipinski definition) is 2. The van der Waals surface area contributed by atoms with Gasteiger partial charge in [-0.25, -0.2) is 0 Å². The minimum absolute atomic E-state index is 0.152. The van der Waals surface area contributed by atoms with Gasteiger partial charge in [-0.15, -0.1) is 11.3 Å². The van der Waals surface area contributed by atoms with Crippen LogP contribution in [0.1, 0.15) is 57.6 Å².